The molecular formula is C44H36N10O2Ru. The van der Waals surface area contributed by atoms with Crippen LogP contribution in [-0.2, 0) is 19.5 Å². The van der Waals surface area contributed by atoms with Gasteiger partial charge in [0, 0.05) is 81.4 Å². The minimum absolute atomic E-state index is 0. The molecule has 0 spiro atoms. The van der Waals surface area contributed by atoms with E-state index in [0.717, 1.165) is 45.1 Å². The van der Waals surface area contributed by atoms with Crippen molar-refractivity contribution in [3.8, 4) is 46.2 Å². The summed E-state index contributed by atoms with van der Waals surface area (Å²) in [4.78, 5) is 41.1. The Hall–Kier alpha value is -7.24. The molecule has 0 aliphatic carbocycles. The van der Waals surface area contributed by atoms with Gasteiger partial charge < -0.3 is 9.47 Å². The van der Waals surface area contributed by atoms with E-state index >= 15 is 0 Å². The van der Waals surface area contributed by atoms with Crippen molar-refractivity contribution >= 4 is 24.3 Å². The van der Waals surface area contributed by atoms with Gasteiger partial charge in [-0.3, -0.25) is 9.97 Å². The van der Waals surface area contributed by atoms with Crippen molar-refractivity contribution in [2.24, 2.45) is 0 Å². The summed E-state index contributed by atoms with van der Waals surface area (Å²) in [5.41, 5.74) is 6.00. The Bertz CT molecular complexity index is 2180. The van der Waals surface area contributed by atoms with E-state index in [-0.39, 0.29) is 19.5 Å². The van der Waals surface area contributed by atoms with E-state index in [2.05, 4.69) is 74.1 Å². The van der Waals surface area contributed by atoms with Gasteiger partial charge >= 0.3 is 0 Å². The Kier molecular flexibility index (Phi) is 16.0. The van der Waals surface area contributed by atoms with E-state index in [4.69, 9.17) is 9.47 Å². The molecule has 6 aromatic heterocycles. The van der Waals surface area contributed by atoms with Gasteiger partial charge in [0.15, 0.2) is 23.3 Å². The van der Waals surface area contributed by atoms with Crippen LogP contribution in [0.4, 0.5) is 0 Å². The smallest absolute Gasteiger partial charge is 0.197 e. The number of methoxy groups -OCH3 is 2. The summed E-state index contributed by atoms with van der Waals surface area (Å²) in [6.45, 7) is 0. The van der Waals surface area contributed by atoms with E-state index in [1.165, 1.54) is 0 Å². The second-order valence-electron chi connectivity index (χ2n) is 11.5. The maximum Gasteiger partial charge on any atom is 0.197 e. The summed E-state index contributed by atoms with van der Waals surface area (Å²) in [7, 11) is 3.34. The first-order valence-corrected chi connectivity index (χ1v) is 17.3. The molecule has 0 N–H and O–H groups in total. The Balaban J connectivity index is 0.000000201. The predicted molar refractivity (Wildman–Crippen MR) is 217 cm³/mol. The van der Waals surface area contributed by atoms with Crippen molar-refractivity contribution in [1.82, 2.24) is 49.8 Å². The molecule has 0 radical (unpaired) electrons. The third kappa shape index (κ3) is 12.9. The third-order valence-electron chi connectivity index (χ3n) is 7.66. The van der Waals surface area contributed by atoms with Crippen LogP contribution < -0.4 is 9.47 Å². The number of hydrogen-bond acceptors (Lipinski definition) is 12. The molecule has 282 valence electrons. The number of nitrogens with zero attached hydrogens (tertiary/aromatic N) is 10. The van der Waals surface area contributed by atoms with E-state index in [1.807, 2.05) is 85.2 Å². The van der Waals surface area contributed by atoms with Crippen molar-refractivity contribution in [3.05, 3.63) is 181 Å². The van der Waals surface area contributed by atoms with E-state index in [0.29, 0.717) is 23.3 Å². The first-order chi connectivity index (χ1) is 27.7. The molecule has 0 aliphatic rings. The van der Waals surface area contributed by atoms with Crippen LogP contribution in [-0.4, -0.2) is 64.1 Å². The van der Waals surface area contributed by atoms with Crippen LogP contribution in [0.3, 0.4) is 0 Å². The van der Waals surface area contributed by atoms with Gasteiger partial charge in [0.2, 0.25) is 0 Å². The zero-order valence-corrected chi connectivity index (χ0v) is 32.7. The molecule has 0 saturated carbocycles. The molecule has 0 aliphatic heterocycles. The third-order valence-corrected chi connectivity index (χ3v) is 7.66. The summed E-state index contributed by atoms with van der Waals surface area (Å²) in [6.07, 6.45) is 25.2. The first kappa shape index (κ1) is 40.9. The Morgan fingerprint density at radius 2 is 0.614 bits per heavy atom. The Labute approximate surface area is 343 Å². The normalized spacial score (nSPS) is 10.4. The average molecular weight is 838 g/mol. The van der Waals surface area contributed by atoms with Gasteiger partial charge in [-0.1, -0.05) is 48.6 Å². The van der Waals surface area contributed by atoms with Crippen molar-refractivity contribution in [2.75, 3.05) is 14.2 Å². The van der Waals surface area contributed by atoms with E-state index in [9.17, 15) is 0 Å². The molecule has 0 unspecified atom stereocenters. The van der Waals surface area contributed by atoms with Crippen LogP contribution in [0.25, 0.3) is 59.0 Å². The molecule has 6 heterocycles. The van der Waals surface area contributed by atoms with Gasteiger partial charge in [0.05, 0.1) is 25.6 Å². The fourth-order valence-corrected chi connectivity index (χ4v) is 4.85. The number of benzene rings is 2. The molecule has 8 aromatic rings. The molecule has 12 nitrogen and oxygen atoms in total. The summed E-state index contributed by atoms with van der Waals surface area (Å²) >= 11 is 0. The van der Waals surface area contributed by atoms with Crippen LogP contribution in [0.2, 0.25) is 0 Å². The topological polar surface area (TPSA) is 147 Å². The molecule has 13 heteroatoms. The van der Waals surface area contributed by atoms with Gasteiger partial charge in [-0.05, 0) is 95.1 Å². The summed E-state index contributed by atoms with van der Waals surface area (Å²) in [5.74, 6) is 3.91. The number of pyridine rings is 2. The molecule has 8 rings (SSSR count). The Morgan fingerprint density at radius 1 is 0.333 bits per heavy atom. The molecule has 2 aromatic carbocycles. The number of ether oxygens (including phenoxy) is 2. The standard InChI is InChI=1S/C28H24N2O2.2C8H6N4.Ru/c1-31-25-11-7-21(8-12-25)3-5-23-15-17-29-27(19-23)28-20-24(16-18-30-28)6-4-22-9-13-26(32-2)14-10-22;2*1-3-9-7(10-4-1)8-11-5-2-6-12-8;/h3-20H,1-2H3;2*1-6H;/b5-3+,6-4+;;;. The van der Waals surface area contributed by atoms with E-state index < -0.39 is 0 Å². The number of aromatic nitrogens is 10. The molecule has 0 saturated heterocycles. The van der Waals surface area contributed by atoms with Gasteiger partial charge in [0.1, 0.15) is 11.5 Å². The largest absolute Gasteiger partial charge is 0.497 e. The first-order valence-electron chi connectivity index (χ1n) is 17.3. The molecule has 0 atom stereocenters. The molecule has 0 fully saturated rings. The fraction of sp³-hybridized carbons (Fsp3) is 0.0455. The van der Waals surface area contributed by atoms with Crippen molar-refractivity contribution in [1.29, 1.82) is 0 Å². The number of hydrogen-bond donors (Lipinski definition) is 0. The summed E-state index contributed by atoms with van der Waals surface area (Å²) in [6, 6.07) is 31.0. The van der Waals surface area contributed by atoms with Crippen molar-refractivity contribution < 1.29 is 29.0 Å². The predicted octanol–water partition coefficient (Wildman–Crippen LogP) is 8.37. The van der Waals surface area contributed by atoms with Gasteiger partial charge in [-0.25, -0.2) is 39.9 Å². The van der Waals surface area contributed by atoms with Crippen LogP contribution in [0.1, 0.15) is 22.3 Å². The molecule has 0 bridgehead atoms. The monoisotopic (exact) mass is 838 g/mol. The van der Waals surface area contributed by atoms with Crippen LogP contribution in [0.5, 0.6) is 11.5 Å². The zero-order chi connectivity index (χ0) is 38.6. The SMILES string of the molecule is COc1ccc(/C=C/c2ccnc(-c3cc(/C=C/c4ccc(OC)cc4)ccn3)c2)cc1.[Ru].c1cnc(-c2ncccn2)nc1.c1cnc(-c2ncccn2)nc1. The van der Waals surface area contributed by atoms with Gasteiger partial charge in [0.25, 0.3) is 0 Å². The maximum absolute atomic E-state index is 5.21. The van der Waals surface area contributed by atoms with Crippen molar-refractivity contribution in [3.63, 3.8) is 0 Å². The van der Waals surface area contributed by atoms with E-state index in [1.54, 1.807) is 88.1 Å². The van der Waals surface area contributed by atoms with Crippen LogP contribution >= 0.6 is 0 Å². The molecular weight excluding hydrogens is 802 g/mol. The van der Waals surface area contributed by atoms with Crippen molar-refractivity contribution in [2.45, 2.75) is 0 Å². The average Bonchev–Trinajstić information content (AvgIpc) is 3.30. The van der Waals surface area contributed by atoms with Gasteiger partial charge in [-0.2, -0.15) is 0 Å². The second-order valence-corrected chi connectivity index (χ2v) is 11.5. The van der Waals surface area contributed by atoms with Gasteiger partial charge in [-0.15, -0.1) is 0 Å². The Morgan fingerprint density at radius 3 is 0.895 bits per heavy atom. The number of rotatable bonds is 9. The molecule has 0 amide bonds. The molecule has 57 heavy (non-hydrogen) atoms. The zero-order valence-electron chi connectivity index (χ0n) is 31.0. The minimum atomic E-state index is 0. The fourth-order valence-electron chi connectivity index (χ4n) is 4.85. The minimum Gasteiger partial charge on any atom is -0.497 e. The maximum atomic E-state index is 5.21. The summed E-state index contributed by atoms with van der Waals surface area (Å²) < 4.78 is 10.4. The van der Waals surface area contributed by atoms with Crippen LogP contribution in [0.15, 0.2) is 159 Å². The van der Waals surface area contributed by atoms with Crippen LogP contribution in [0, 0.1) is 0 Å². The summed E-state index contributed by atoms with van der Waals surface area (Å²) in [5, 5.41) is 0. The quantitative estimate of drug-likeness (QED) is 0.129. The second kappa shape index (κ2) is 22.2.